The zero-order chi connectivity index (χ0) is 15.5. The van der Waals surface area contributed by atoms with Crippen molar-refractivity contribution >= 4 is 0 Å². The van der Waals surface area contributed by atoms with E-state index in [2.05, 4.69) is 5.32 Å². The van der Waals surface area contributed by atoms with Crippen LogP contribution in [0.3, 0.4) is 0 Å². The predicted octanol–water partition coefficient (Wildman–Crippen LogP) is 2.17. The smallest absolute Gasteiger partial charge is 0.396 e. The van der Waals surface area contributed by atoms with Gasteiger partial charge in [-0.15, -0.1) is 0 Å². The molecule has 0 bridgehead atoms. The van der Waals surface area contributed by atoms with E-state index < -0.39 is 23.6 Å². The fourth-order valence-electron chi connectivity index (χ4n) is 2.77. The lowest BCUT2D eigenvalue weighted by molar-refractivity contribution is -0.141. The van der Waals surface area contributed by atoms with E-state index in [1.807, 2.05) is 4.90 Å². The summed E-state index contributed by atoms with van der Waals surface area (Å²) in [6, 6.07) is 2.77. The molecule has 0 amide bonds. The zero-order valence-electron chi connectivity index (χ0n) is 11.5. The van der Waals surface area contributed by atoms with Crippen molar-refractivity contribution in [3.05, 3.63) is 35.1 Å². The minimum atomic E-state index is -4.75. The molecule has 1 aromatic carbocycles. The maximum absolute atomic E-state index is 13.7. The fraction of sp³-hybridized carbons (Fsp3) is 0.571. The molecule has 1 atom stereocenters. The standard InChI is InChI=1S/C14H18F4N2O/c15-11-3-1-2-10(13(11)14(16,17)18)12(4-9-21)20-7-5-19-6-8-20/h1-3,12,19,21H,4-9H2/t12-/m1/s1. The van der Waals surface area contributed by atoms with Crippen LogP contribution in [0.15, 0.2) is 18.2 Å². The molecule has 1 heterocycles. The lowest BCUT2D eigenvalue weighted by Gasteiger charge is -2.36. The summed E-state index contributed by atoms with van der Waals surface area (Å²) in [4.78, 5) is 1.86. The van der Waals surface area contributed by atoms with Crippen LogP contribution in [0, 0.1) is 5.82 Å². The van der Waals surface area contributed by atoms with Crippen LogP contribution in [-0.4, -0.2) is 42.8 Å². The molecule has 1 fully saturated rings. The molecule has 3 nitrogen and oxygen atoms in total. The maximum atomic E-state index is 13.7. The Hall–Kier alpha value is -1.18. The molecule has 0 aliphatic carbocycles. The Morgan fingerprint density at radius 1 is 1.24 bits per heavy atom. The molecule has 1 aliphatic heterocycles. The molecule has 1 saturated heterocycles. The average molecular weight is 306 g/mol. The number of rotatable bonds is 4. The van der Waals surface area contributed by atoms with Gasteiger partial charge in [0.15, 0.2) is 0 Å². The fourth-order valence-corrected chi connectivity index (χ4v) is 2.77. The first-order valence-corrected chi connectivity index (χ1v) is 6.86. The Kier molecular flexibility index (Phi) is 5.18. The van der Waals surface area contributed by atoms with Gasteiger partial charge >= 0.3 is 6.18 Å². The van der Waals surface area contributed by atoms with Gasteiger partial charge in [-0.05, 0) is 18.1 Å². The van der Waals surface area contributed by atoms with Crippen molar-refractivity contribution in [1.29, 1.82) is 0 Å². The zero-order valence-corrected chi connectivity index (χ0v) is 11.5. The molecule has 118 valence electrons. The Morgan fingerprint density at radius 3 is 2.48 bits per heavy atom. The molecule has 0 saturated carbocycles. The summed E-state index contributed by atoms with van der Waals surface area (Å²) in [5.74, 6) is -1.27. The Balaban J connectivity index is 2.42. The van der Waals surface area contributed by atoms with Gasteiger partial charge in [-0.25, -0.2) is 4.39 Å². The van der Waals surface area contributed by atoms with E-state index in [0.717, 1.165) is 6.07 Å². The van der Waals surface area contributed by atoms with Crippen molar-refractivity contribution in [2.75, 3.05) is 32.8 Å². The Labute approximate surface area is 120 Å². The maximum Gasteiger partial charge on any atom is 0.419 e. The summed E-state index contributed by atoms with van der Waals surface area (Å²) in [7, 11) is 0. The first kappa shape index (κ1) is 16.2. The summed E-state index contributed by atoms with van der Waals surface area (Å²) in [5.41, 5.74) is -1.32. The first-order valence-electron chi connectivity index (χ1n) is 6.86. The van der Waals surface area contributed by atoms with Crippen molar-refractivity contribution in [2.45, 2.75) is 18.6 Å². The number of aliphatic hydroxyl groups excluding tert-OH is 1. The molecular formula is C14H18F4N2O. The van der Waals surface area contributed by atoms with E-state index in [1.165, 1.54) is 12.1 Å². The van der Waals surface area contributed by atoms with E-state index in [1.54, 1.807) is 0 Å². The summed E-state index contributed by atoms with van der Waals surface area (Å²) in [5, 5.41) is 12.3. The van der Waals surface area contributed by atoms with Gasteiger partial charge < -0.3 is 10.4 Å². The number of aliphatic hydroxyl groups is 1. The monoisotopic (exact) mass is 306 g/mol. The average Bonchev–Trinajstić information content (AvgIpc) is 2.44. The Morgan fingerprint density at radius 2 is 1.90 bits per heavy atom. The van der Waals surface area contributed by atoms with E-state index in [4.69, 9.17) is 0 Å². The van der Waals surface area contributed by atoms with E-state index in [0.29, 0.717) is 26.2 Å². The van der Waals surface area contributed by atoms with Crippen LogP contribution < -0.4 is 5.32 Å². The van der Waals surface area contributed by atoms with Crippen molar-refractivity contribution in [1.82, 2.24) is 10.2 Å². The lowest BCUT2D eigenvalue weighted by Crippen LogP contribution is -2.45. The number of alkyl halides is 3. The third-order valence-corrected chi connectivity index (χ3v) is 3.68. The SMILES string of the molecule is OCC[C@H](c1cccc(F)c1C(F)(F)F)N1CCNCC1. The second kappa shape index (κ2) is 6.72. The molecule has 21 heavy (non-hydrogen) atoms. The van der Waals surface area contributed by atoms with E-state index in [-0.39, 0.29) is 18.6 Å². The predicted molar refractivity (Wildman–Crippen MR) is 70.3 cm³/mol. The highest BCUT2D eigenvalue weighted by Gasteiger charge is 2.39. The number of piperazine rings is 1. The quantitative estimate of drug-likeness (QED) is 0.837. The third kappa shape index (κ3) is 3.72. The largest absolute Gasteiger partial charge is 0.419 e. The molecule has 1 aromatic rings. The number of hydrogen-bond donors (Lipinski definition) is 2. The van der Waals surface area contributed by atoms with Gasteiger partial charge in [-0.1, -0.05) is 12.1 Å². The Bertz CT molecular complexity index is 473. The van der Waals surface area contributed by atoms with Crippen LogP contribution in [-0.2, 0) is 6.18 Å². The van der Waals surface area contributed by atoms with Gasteiger partial charge in [-0.2, -0.15) is 13.2 Å². The second-order valence-electron chi connectivity index (χ2n) is 5.02. The van der Waals surface area contributed by atoms with Crippen molar-refractivity contribution < 1.29 is 22.7 Å². The molecule has 1 aliphatic rings. The normalized spacial score (nSPS) is 18.7. The highest BCUT2D eigenvalue weighted by Crippen LogP contribution is 2.39. The minimum Gasteiger partial charge on any atom is -0.396 e. The van der Waals surface area contributed by atoms with Gasteiger partial charge in [-0.3, -0.25) is 4.90 Å². The van der Waals surface area contributed by atoms with Crippen LogP contribution in [0.4, 0.5) is 17.6 Å². The number of nitrogens with one attached hydrogen (secondary N) is 1. The van der Waals surface area contributed by atoms with Gasteiger partial charge in [0, 0.05) is 38.8 Å². The molecule has 0 aromatic heterocycles. The second-order valence-corrected chi connectivity index (χ2v) is 5.02. The van der Waals surface area contributed by atoms with Gasteiger partial charge in [0.25, 0.3) is 0 Å². The summed E-state index contributed by atoms with van der Waals surface area (Å²) in [6.07, 6.45) is -4.60. The number of nitrogens with zero attached hydrogens (tertiary/aromatic N) is 1. The summed E-state index contributed by atoms with van der Waals surface area (Å²) in [6.45, 7) is 2.22. The molecule has 2 rings (SSSR count). The van der Waals surface area contributed by atoms with Crippen LogP contribution in [0.25, 0.3) is 0 Å². The van der Waals surface area contributed by atoms with Gasteiger partial charge in [0.05, 0.1) is 5.56 Å². The summed E-state index contributed by atoms with van der Waals surface area (Å²) < 4.78 is 53.1. The number of benzene rings is 1. The van der Waals surface area contributed by atoms with Gasteiger partial charge in [0.2, 0.25) is 0 Å². The van der Waals surface area contributed by atoms with Crippen molar-refractivity contribution in [3.63, 3.8) is 0 Å². The molecule has 0 spiro atoms. The molecular weight excluding hydrogens is 288 g/mol. The summed E-state index contributed by atoms with van der Waals surface area (Å²) >= 11 is 0. The topological polar surface area (TPSA) is 35.5 Å². The third-order valence-electron chi connectivity index (χ3n) is 3.68. The number of hydrogen-bond acceptors (Lipinski definition) is 3. The van der Waals surface area contributed by atoms with Gasteiger partial charge in [0.1, 0.15) is 5.82 Å². The van der Waals surface area contributed by atoms with Crippen LogP contribution in [0.1, 0.15) is 23.6 Å². The first-order chi connectivity index (χ1) is 9.95. The number of halogens is 4. The lowest BCUT2D eigenvalue weighted by atomic mass is 9.95. The molecule has 7 heteroatoms. The molecule has 2 N–H and O–H groups in total. The highest BCUT2D eigenvalue weighted by atomic mass is 19.4. The highest BCUT2D eigenvalue weighted by molar-refractivity contribution is 5.34. The molecule has 0 unspecified atom stereocenters. The van der Waals surface area contributed by atoms with Crippen molar-refractivity contribution in [3.8, 4) is 0 Å². The van der Waals surface area contributed by atoms with E-state index in [9.17, 15) is 22.7 Å². The van der Waals surface area contributed by atoms with E-state index >= 15 is 0 Å². The van der Waals surface area contributed by atoms with Crippen LogP contribution in [0.2, 0.25) is 0 Å². The minimum absolute atomic E-state index is 0.0987. The van der Waals surface area contributed by atoms with Crippen molar-refractivity contribution in [2.24, 2.45) is 0 Å². The van der Waals surface area contributed by atoms with Crippen LogP contribution >= 0.6 is 0 Å². The molecule has 0 radical (unpaired) electrons. The van der Waals surface area contributed by atoms with Crippen LogP contribution in [0.5, 0.6) is 0 Å².